The van der Waals surface area contributed by atoms with Crippen molar-refractivity contribution in [3.63, 3.8) is 0 Å². The third-order valence-corrected chi connectivity index (χ3v) is 5.15. The first kappa shape index (κ1) is 19.1. The quantitative estimate of drug-likeness (QED) is 0.909. The third-order valence-electron chi connectivity index (χ3n) is 5.15. The maximum atomic E-state index is 13.1. The molecule has 5 nitrogen and oxygen atoms in total. The van der Waals surface area contributed by atoms with Gasteiger partial charge in [0.1, 0.15) is 5.54 Å². The molecule has 142 valence electrons. The second-order valence-electron chi connectivity index (χ2n) is 7.38. The standard InChI is InChI=1S/C22H27N3O2/c1-17-8-6-9-18(16-17)20(26)24-12-7-13-25(15-14-24)21(27)22(2,23)19-10-4-3-5-11-19/h3-6,8-11,16H,7,12-15,23H2,1-2H3. The molecule has 2 N–H and O–H groups in total. The zero-order valence-electron chi connectivity index (χ0n) is 16.0. The zero-order valence-corrected chi connectivity index (χ0v) is 16.0. The molecule has 1 saturated heterocycles. The Morgan fingerprint density at radius 3 is 2.30 bits per heavy atom. The summed E-state index contributed by atoms with van der Waals surface area (Å²) >= 11 is 0. The molecule has 1 atom stereocenters. The summed E-state index contributed by atoms with van der Waals surface area (Å²) in [6.45, 7) is 6.00. The Bertz CT molecular complexity index is 817. The molecule has 0 saturated carbocycles. The Kier molecular flexibility index (Phi) is 5.61. The SMILES string of the molecule is Cc1cccc(C(=O)N2CCCN(C(=O)C(C)(N)c3ccccc3)CC2)c1. The van der Waals surface area contributed by atoms with Gasteiger partial charge in [-0.1, -0.05) is 48.0 Å². The topological polar surface area (TPSA) is 66.6 Å². The molecule has 1 fully saturated rings. The fourth-order valence-corrected chi connectivity index (χ4v) is 3.52. The van der Waals surface area contributed by atoms with Gasteiger partial charge in [-0.05, 0) is 38.0 Å². The first-order valence-corrected chi connectivity index (χ1v) is 9.39. The Morgan fingerprint density at radius 1 is 0.926 bits per heavy atom. The van der Waals surface area contributed by atoms with Crippen LogP contribution in [0, 0.1) is 6.92 Å². The number of hydrogen-bond acceptors (Lipinski definition) is 3. The molecule has 0 radical (unpaired) electrons. The van der Waals surface area contributed by atoms with Gasteiger partial charge in [-0.25, -0.2) is 0 Å². The molecular formula is C22H27N3O2. The van der Waals surface area contributed by atoms with E-state index >= 15 is 0 Å². The van der Waals surface area contributed by atoms with E-state index in [-0.39, 0.29) is 11.8 Å². The van der Waals surface area contributed by atoms with E-state index in [0.717, 1.165) is 17.5 Å². The molecule has 2 aromatic carbocycles. The third kappa shape index (κ3) is 4.19. The van der Waals surface area contributed by atoms with Crippen LogP contribution in [0.5, 0.6) is 0 Å². The molecule has 5 heteroatoms. The number of hydrogen-bond donors (Lipinski definition) is 1. The van der Waals surface area contributed by atoms with Crippen LogP contribution in [0.25, 0.3) is 0 Å². The summed E-state index contributed by atoms with van der Waals surface area (Å²) in [5.74, 6) is -0.0786. The van der Waals surface area contributed by atoms with Crippen LogP contribution in [-0.4, -0.2) is 47.8 Å². The number of carbonyl (C=O) groups is 2. The van der Waals surface area contributed by atoms with Gasteiger partial charge in [0, 0.05) is 31.7 Å². The Labute approximate surface area is 160 Å². The van der Waals surface area contributed by atoms with Crippen LogP contribution in [0.15, 0.2) is 54.6 Å². The second-order valence-corrected chi connectivity index (χ2v) is 7.38. The van der Waals surface area contributed by atoms with Crippen molar-refractivity contribution < 1.29 is 9.59 Å². The lowest BCUT2D eigenvalue weighted by molar-refractivity contribution is -0.136. The van der Waals surface area contributed by atoms with Crippen molar-refractivity contribution in [3.05, 3.63) is 71.3 Å². The number of nitrogens with zero attached hydrogens (tertiary/aromatic N) is 2. The van der Waals surface area contributed by atoms with Crippen molar-refractivity contribution in [2.24, 2.45) is 5.73 Å². The number of benzene rings is 2. The first-order valence-electron chi connectivity index (χ1n) is 9.39. The van der Waals surface area contributed by atoms with Crippen LogP contribution in [0.2, 0.25) is 0 Å². The monoisotopic (exact) mass is 365 g/mol. The van der Waals surface area contributed by atoms with Crippen LogP contribution in [-0.2, 0) is 10.3 Å². The van der Waals surface area contributed by atoms with Gasteiger partial charge in [0.25, 0.3) is 5.91 Å². The van der Waals surface area contributed by atoms with E-state index in [1.54, 1.807) is 11.8 Å². The van der Waals surface area contributed by atoms with Crippen molar-refractivity contribution in [2.45, 2.75) is 25.8 Å². The number of nitrogens with two attached hydrogens (primary N) is 1. The Morgan fingerprint density at radius 2 is 1.59 bits per heavy atom. The lowest BCUT2D eigenvalue weighted by atomic mass is 9.91. The average molecular weight is 365 g/mol. The Hall–Kier alpha value is -2.66. The summed E-state index contributed by atoms with van der Waals surface area (Å²) in [6, 6.07) is 17.1. The zero-order chi connectivity index (χ0) is 19.4. The van der Waals surface area contributed by atoms with Crippen molar-refractivity contribution in [1.29, 1.82) is 0 Å². The predicted molar refractivity (Wildman–Crippen MR) is 106 cm³/mol. The van der Waals surface area contributed by atoms with E-state index in [1.807, 2.05) is 66.4 Å². The number of aryl methyl sites for hydroxylation is 1. The van der Waals surface area contributed by atoms with Gasteiger partial charge in [-0.2, -0.15) is 0 Å². The van der Waals surface area contributed by atoms with E-state index in [1.165, 1.54) is 0 Å². The average Bonchev–Trinajstić information content (AvgIpc) is 2.93. The molecule has 0 bridgehead atoms. The Balaban J connectivity index is 1.69. The van der Waals surface area contributed by atoms with Gasteiger partial charge in [0.2, 0.25) is 5.91 Å². The van der Waals surface area contributed by atoms with E-state index < -0.39 is 5.54 Å². The summed E-state index contributed by atoms with van der Waals surface area (Å²) in [5, 5.41) is 0. The molecule has 1 unspecified atom stereocenters. The largest absolute Gasteiger partial charge is 0.339 e. The summed E-state index contributed by atoms with van der Waals surface area (Å²) in [6.07, 6.45) is 0.744. The number of carbonyl (C=O) groups excluding carboxylic acids is 2. The van der Waals surface area contributed by atoms with Crippen molar-refractivity contribution in [1.82, 2.24) is 9.80 Å². The molecule has 1 aliphatic rings. The molecule has 0 spiro atoms. The minimum Gasteiger partial charge on any atom is -0.339 e. The van der Waals surface area contributed by atoms with Gasteiger partial charge in [0.05, 0.1) is 0 Å². The summed E-state index contributed by atoms with van der Waals surface area (Å²) < 4.78 is 0. The summed E-state index contributed by atoms with van der Waals surface area (Å²) in [5.41, 5.74) is 7.88. The molecule has 0 aliphatic carbocycles. The highest BCUT2D eigenvalue weighted by Gasteiger charge is 2.35. The molecule has 27 heavy (non-hydrogen) atoms. The van der Waals surface area contributed by atoms with E-state index in [0.29, 0.717) is 31.7 Å². The van der Waals surface area contributed by atoms with E-state index in [4.69, 9.17) is 5.73 Å². The fourth-order valence-electron chi connectivity index (χ4n) is 3.52. The molecule has 3 rings (SSSR count). The number of rotatable bonds is 3. The lowest BCUT2D eigenvalue weighted by Gasteiger charge is -2.31. The first-order chi connectivity index (χ1) is 12.9. The predicted octanol–water partition coefficient (Wildman–Crippen LogP) is 2.54. The maximum absolute atomic E-state index is 13.1. The van der Waals surface area contributed by atoms with Crippen LogP contribution >= 0.6 is 0 Å². The summed E-state index contributed by atoms with van der Waals surface area (Å²) in [4.78, 5) is 29.5. The van der Waals surface area contributed by atoms with Gasteiger partial charge in [0.15, 0.2) is 0 Å². The van der Waals surface area contributed by atoms with E-state index in [2.05, 4.69) is 0 Å². The van der Waals surface area contributed by atoms with Gasteiger partial charge in [-0.15, -0.1) is 0 Å². The van der Waals surface area contributed by atoms with Gasteiger partial charge >= 0.3 is 0 Å². The molecule has 1 heterocycles. The molecule has 2 aromatic rings. The van der Waals surface area contributed by atoms with Crippen LogP contribution in [0.4, 0.5) is 0 Å². The summed E-state index contributed by atoms with van der Waals surface area (Å²) in [7, 11) is 0. The highest BCUT2D eigenvalue weighted by atomic mass is 16.2. The fraction of sp³-hybridized carbons (Fsp3) is 0.364. The lowest BCUT2D eigenvalue weighted by Crippen LogP contribution is -2.51. The van der Waals surface area contributed by atoms with E-state index in [9.17, 15) is 9.59 Å². The van der Waals surface area contributed by atoms with Gasteiger partial charge in [-0.3, -0.25) is 9.59 Å². The van der Waals surface area contributed by atoms with Crippen LogP contribution in [0.3, 0.4) is 0 Å². The van der Waals surface area contributed by atoms with Crippen molar-refractivity contribution in [3.8, 4) is 0 Å². The maximum Gasteiger partial charge on any atom is 0.253 e. The van der Waals surface area contributed by atoms with Crippen molar-refractivity contribution in [2.75, 3.05) is 26.2 Å². The highest BCUT2D eigenvalue weighted by Crippen LogP contribution is 2.21. The van der Waals surface area contributed by atoms with Crippen molar-refractivity contribution >= 4 is 11.8 Å². The second kappa shape index (κ2) is 7.92. The number of amides is 2. The van der Waals surface area contributed by atoms with Gasteiger partial charge < -0.3 is 15.5 Å². The highest BCUT2D eigenvalue weighted by molar-refractivity contribution is 5.94. The minimum atomic E-state index is -1.07. The normalized spacial score (nSPS) is 17.1. The van der Waals surface area contributed by atoms with Crippen LogP contribution in [0.1, 0.15) is 34.8 Å². The molecule has 2 amide bonds. The van der Waals surface area contributed by atoms with Crippen LogP contribution < -0.4 is 5.73 Å². The smallest absolute Gasteiger partial charge is 0.253 e. The minimum absolute atomic E-state index is 0.0200. The molecule has 0 aromatic heterocycles. The molecular weight excluding hydrogens is 338 g/mol. The molecule has 1 aliphatic heterocycles.